The monoisotopic (exact) mass is 234 g/mol. The van der Waals surface area contributed by atoms with Gasteiger partial charge in [-0.3, -0.25) is 4.79 Å². The van der Waals surface area contributed by atoms with Crippen LogP contribution >= 0.6 is 0 Å². The molecule has 1 aromatic rings. The first-order valence-corrected chi connectivity index (χ1v) is 5.92. The van der Waals surface area contributed by atoms with Gasteiger partial charge in [-0.1, -0.05) is 18.2 Å². The van der Waals surface area contributed by atoms with Gasteiger partial charge in [-0.15, -0.1) is 0 Å². The Balaban J connectivity index is 1.92. The first-order chi connectivity index (χ1) is 8.15. The second kappa shape index (κ2) is 5.29. The van der Waals surface area contributed by atoms with E-state index in [1.807, 2.05) is 24.3 Å². The standard InChI is InChI=1S/C13H18N2O2/c1-9(16)15-13-5-3-2-4-10(13)8-14-11-6-12(17)7-11/h2-5,11-12,14,17H,6-8H2,1H3,(H,15,16). The second-order valence-electron chi connectivity index (χ2n) is 4.54. The molecule has 17 heavy (non-hydrogen) atoms. The predicted octanol–water partition coefficient (Wildman–Crippen LogP) is 1.26. The van der Waals surface area contributed by atoms with E-state index in [1.54, 1.807) is 0 Å². The minimum Gasteiger partial charge on any atom is -0.393 e. The molecule has 0 heterocycles. The zero-order valence-electron chi connectivity index (χ0n) is 9.94. The molecular weight excluding hydrogens is 216 g/mol. The van der Waals surface area contributed by atoms with Crippen LogP contribution in [0.5, 0.6) is 0 Å². The first-order valence-electron chi connectivity index (χ1n) is 5.92. The molecule has 0 saturated heterocycles. The molecule has 1 aliphatic carbocycles. The van der Waals surface area contributed by atoms with Crippen LogP contribution < -0.4 is 10.6 Å². The summed E-state index contributed by atoms with van der Waals surface area (Å²) in [4.78, 5) is 11.0. The summed E-state index contributed by atoms with van der Waals surface area (Å²) in [5.41, 5.74) is 1.93. The molecule has 4 heteroatoms. The molecule has 0 unspecified atom stereocenters. The van der Waals surface area contributed by atoms with Gasteiger partial charge in [0, 0.05) is 25.2 Å². The van der Waals surface area contributed by atoms with Gasteiger partial charge in [0.05, 0.1) is 6.10 Å². The highest BCUT2D eigenvalue weighted by atomic mass is 16.3. The average Bonchev–Trinajstić information content (AvgIpc) is 2.24. The molecule has 0 bridgehead atoms. The first kappa shape index (κ1) is 12.1. The van der Waals surface area contributed by atoms with Crippen molar-refractivity contribution in [2.24, 2.45) is 0 Å². The van der Waals surface area contributed by atoms with E-state index in [2.05, 4.69) is 10.6 Å². The molecule has 2 rings (SSSR count). The van der Waals surface area contributed by atoms with Crippen molar-refractivity contribution < 1.29 is 9.90 Å². The summed E-state index contributed by atoms with van der Waals surface area (Å²) < 4.78 is 0. The third kappa shape index (κ3) is 3.28. The maximum absolute atomic E-state index is 11.0. The number of anilines is 1. The fraction of sp³-hybridized carbons (Fsp3) is 0.462. The zero-order chi connectivity index (χ0) is 12.3. The number of aliphatic hydroxyl groups excluding tert-OH is 1. The highest BCUT2D eigenvalue weighted by molar-refractivity contribution is 5.89. The smallest absolute Gasteiger partial charge is 0.221 e. The number of carbonyl (C=O) groups is 1. The topological polar surface area (TPSA) is 61.4 Å². The molecule has 1 aromatic carbocycles. The van der Waals surface area contributed by atoms with Crippen molar-refractivity contribution in [3.05, 3.63) is 29.8 Å². The molecule has 1 amide bonds. The lowest BCUT2D eigenvalue weighted by Gasteiger charge is -2.32. The largest absolute Gasteiger partial charge is 0.393 e. The summed E-state index contributed by atoms with van der Waals surface area (Å²) in [6.07, 6.45) is 1.50. The van der Waals surface area contributed by atoms with E-state index in [9.17, 15) is 9.90 Å². The summed E-state index contributed by atoms with van der Waals surface area (Å²) in [7, 11) is 0. The SMILES string of the molecule is CC(=O)Nc1ccccc1CNC1CC(O)C1. The van der Waals surface area contributed by atoms with E-state index >= 15 is 0 Å². The van der Waals surface area contributed by atoms with Crippen LogP contribution in [-0.2, 0) is 11.3 Å². The average molecular weight is 234 g/mol. The van der Waals surface area contributed by atoms with Gasteiger partial charge in [-0.25, -0.2) is 0 Å². The van der Waals surface area contributed by atoms with E-state index in [4.69, 9.17) is 0 Å². The van der Waals surface area contributed by atoms with Gasteiger partial charge in [0.2, 0.25) is 5.91 Å². The van der Waals surface area contributed by atoms with Crippen LogP contribution in [0.3, 0.4) is 0 Å². The lowest BCUT2D eigenvalue weighted by atomic mass is 9.89. The van der Waals surface area contributed by atoms with Crippen molar-refractivity contribution in [1.29, 1.82) is 0 Å². The van der Waals surface area contributed by atoms with Crippen LogP contribution in [-0.4, -0.2) is 23.2 Å². The molecule has 0 aromatic heterocycles. The fourth-order valence-electron chi connectivity index (χ4n) is 1.99. The fourth-order valence-corrected chi connectivity index (χ4v) is 1.99. The van der Waals surface area contributed by atoms with Gasteiger partial charge in [0.25, 0.3) is 0 Å². The predicted molar refractivity (Wildman–Crippen MR) is 66.6 cm³/mol. The molecule has 0 aliphatic heterocycles. The number of para-hydroxylation sites is 1. The second-order valence-corrected chi connectivity index (χ2v) is 4.54. The molecule has 0 atom stereocenters. The van der Waals surface area contributed by atoms with Crippen LogP contribution in [0.25, 0.3) is 0 Å². The van der Waals surface area contributed by atoms with Crippen molar-refractivity contribution in [3.63, 3.8) is 0 Å². The highest BCUT2D eigenvalue weighted by Gasteiger charge is 2.26. The minimum atomic E-state index is -0.141. The van der Waals surface area contributed by atoms with E-state index < -0.39 is 0 Å². The zero-order valence-corrected chi connectivity index (χ0v) is 9.94. The van der Waals surface area contributed by atoms with Gasteiger partial charge >= 0.3 is 0 Å². The lowest BCUT2D eigenvalue weighted by Crippen LogP contribution is -2.43. The number of benzene rings is 1. The van der Waals surface area contributed by atoms with Crippen LogP contribution in [0.15, 0.2) is 24.3 Å². The van der Waals surface area contributed by atoms with Crippen LogP contribution in [0.2, 0.25) is 0 Å². The number of hydrogen-bond donors (Lipinski definition) is 3. The lowest BCUT2D eigenvalue weighted by molar-refractivity contribution is -0.114. The molecule has 1 saturated carbocycles. The van der Waals surface area contributed by atoms with Crippen molar-refractivity contribution in [1.82, 2.24) is 5.32 Å². The van der Waals surface area contributed by atoms with Crippen molar-refractivity contribution in [2.45, 2.75) is 38.5 Å². The summed E-state index contributed by atoms with van der Waals surface area (Å²) >= 11 is 0. The summed E-state index contributed by atoms with van der Waals surface area (Å²) in [6, 6.07) is 8.15. The maximum atomic E-state index is 11.0. The third-order valence-electron chi connectivity index (χ3n) is 3.02. The van der Waals surface area contributed by atoms with E-state index in [0.29, 0.717) is 12.6 Å². The third-order valence-corrected chi connectivity index (χ3v) is 3.02. The van der Waals surface area contributed by atoms with Crippen LogP contribution in [0.1, 0.15) is 25.3 Å². The Bertz CT molecular complexity index is 400. The Morgan fingerprint density at radius 3 is 2.76 bits per heavy atom. The summed E-state index contributed by atoms with van der Waals surface area (Å²) in [6.45, 7) is 2.22. The molecule has 3 N–H and O–H groups in total. The molecule has 0 spiro atoms. The van der Waals surface area contributed by atoms with Crippen molar-refractivity contribution >= 4 is 11.6 Å². The van der Waals surface area contributed by atoms with Crippen LogP contribution in [0, 0.1) is 0 Å². The number of nitrogens with one attached hydrogen (secondary N) is 2. The quantitative estimate of drug-likeness (QED) is 0.735. The maximum Gasteiger partial charge on any atom is 0.221 e. The number of aliphatic hydroxyl groups is 1. The van der Waals surface area contributed by atoms with E-state index in [-0.39, 0.29) is 12.0 Å². The van der Waals surface area contributed by atoms with Crippen molar-refractivity contribution in [2.75, 3.05) is 5.32 Å². The summed E-state index contributed by atoms with van der Waals surface area (Å²) in [5, 5.41) is 15.4. The molecular formula is C13H18N2O2. The Morgan fingerprint density at radius 2 is 2.12 bits per heavy atom. The number of hydrogen-bond acceptors (Lipinski definition) is 3. The number of rotatable bonds is 4. The molecule has 1 aliphatic rings. The number of amides is 1. The van der Waals surface area contributed by atoms with Gasteiger partial charge in [-0.05, 0) is 24.5 Å². The normalized spacial score (nSPS) is 22.9. The Kier molecular flexibility index (Phi) is 3.76. The molecule has 4 nitrogen and oxygen atoms in total. The van der Waals surface area contributed by atoms with Gasteiger partial charge in [0.1, 0.15) is 0 Å². The highest BCUT2D eigenvalue weighted by Crippen LogP contribution is 2.21. The Labute approximate surface area is 101 Å². The van der Waals surface area contributed by atoms with Gasteiger partial charge in [-0.2, -0.15) is 0 Å². The van der Waals surface area contributed by atoms with E-state index in [1.165, 1.54) is 6.92 Å². The Hall–Kier alpha value is -1.39. The molecule has 1 fully saturated rings. The van der Waals surface area contributed by atoms with Gasteiger partial charge < -0.3 is 15.7 Å². The van der Waals surface area contributed by atoms with Gasteiger partial charge in [0.15, 0.2) is 0 Å². The minimum absolute atomic E-state index is 0.0588. The van der Waals surface area contributed by atoms with Crippen LogP contribution in [0.4, 0.5) is 5.69 Å². The summed E-state index contributed by atoms with van der Waals surface area (Å²) in [5.74, 6) is -0.0588. The molecule has 0 radical (unpaired) electrons. The Morgan fingerprint density at radius 1 is 1.41 bits per heavy atom. The molecule has 92 valence electrons. The van der Waals surface area contributed by atoms with Crippen molar-refractivity contribution in [3.8, 4) is 0 Å². The number of carbonyl (C=O) groups excluding carboxylic acids is 1. The van der Waals surface area contributed by atoms with E-state index in [0.717, 1.165) is 24.1 Å².